The molecule has 2 nitrogen and oxygen atoms in total. The maximum Gasteiger partial charge on any atom is 0.193 e. The van der Waals surface area contributed by atoms with Gasteiger partial charge < -0.3 is 9.22 Å². The van der Waals surface area contributed by atoms with Gasteiger partial charge in [-0.2, -0.15) is 0 Å². The number of rotatable bonds is 4. The van der Waals surface area contributed by atoms with Crippen molar-refractivity contribution in [2.45, 2.75) is 71.1 Å². The Bertz CT molecular complexity index is 338. The highest BCUT2D eigenvalue weighted by molar-refractivity contribution is 6.83. The molecule has 0 aromatic heterocycles. The Hall–Kier alpha value is -0.376. The van der Waals surface area contributed by atoms with E-state index in [0.717, 1.165) is 6.29 Å². The molecular weight excluding hydrogens is 256 g/mol. The predicted octanol–water partition coefficient (Wildman–Crippen LogP) is 3.85. The predicted molar refractivity (Wildman–Crippen MR) is 83.9 cm³/mol. The largest absolute Gasteiger partial charge is 0.406 e. The zero-order valence-electron chi connectivity index (χ0n) is 13.2. The first-order valence-electron chi connectivity index (χ1n) is 6.52. The summed E-state index contributed by atoms with van der Waals surface area (Å²) in [4.78, 5) is 11.1. The fourth-order valence-electron chi connectivity index (χ4n) is 1.09. The van der Waals surface area contributed by atoms with Crippen LogP contribution in [0, 0.1) is 11.5 Å². The molecule has 104 valence electrons. The number of hydrogen-bond donors (Lipinski definition) is 0. The molecule has 0 saturated carbocycles. The lowest BCUT2D eigenvalue weighted by atomic mass is 10.2. The lowest BCUT2D eigenvalue weighted by molar-refractivity contribution is -0.113. The van der Waals surface area contributed by atoms with Crippen LogP contribution in [0.25, 0.3) is 0 Å². The highest BCUT2D eigenvalue weighted by atomic mass is 28.4. The van der Waals surface area contributed by atoms with Crippen molar-refractivity contribution in [2.24, 2.45) is 0 Å². The third-order valence-electron chi connectivity index (χ3n) is 3.17. The van der Waals surface area contributed by atoms with Gasteiger partial charge >= 0.3 is 0 Å². The minimum atomic E-state index is -1.87. The van der Waals surface area contributed by atoms with Gasteiger partial charge in [-0.15, -0.1) is 11.5 Å². The average molecular weight is 285 g/mol. The Balaban J connectivity index is 4.63. The first-order valence-corrected chi connectivity index (χ1v) is 12.9. The standard InChI is InChI=1S/C14H28O2Si2/c1-14(2,3)18(7,8)16-13(12-15)10-9-11-17(4,5)6/h12-13H,10H2,1-8H3/t13-/m0/s1. The SMILES string of the molecule is CC(C)(C)[Si](C)(C)O[C@H](C=O)CC#C[Si](C)(C)C. The Labute approximate surface area is 115 Å². The molecule has 0 heterocycles. The quantitative estimate of drug-likeness (QED) is 0.445. The summed E-state index contributed by atoms with van der Waals surface area (Å²) in [5, 5.41) is 0.125. The summed E-state index contributed by atoms with van der Waals surface area (Å²) in [6, 6.07) is 0. The van der Waals surface area contributed by atoms with E-state index in [-0.39, 0.29) is 11.1 Å². The van der Waals surface area contributed by atoms with Gasteiger partial charge in [0.1, 0.15) is 20.5 Å². The van der Waals surface area contributed by atoms with Crippen molar-refractivity contribution >= 4 is 22.7 Å². The highest BCUT2D eigenvalue weighted by Gasteiger charge is 2.38. The third-order valence-corrected chi connectivity index (χ3v) is 8.60. The monoisotopic (exact) mass is 284 g/mol. The number of carbonyl (C=O) groups is 1. The van der Waals surface area contributed by atoms with E-state index in [1.54, 1.807) is 0 Å². The maximum absolute atomic E-state index is 11.1. The molecule has 0 unspecified atom stereocenters. The first kappa shape index (κ1) is 17.6. The smallest absolute Gasteiger partial charge is 0.193 e. The van der Waals surface area contributed by atoms with Gasteiger partial charge in [0.25, 0.3) is 0 Å². The Morgan fingerprint density at radius 1 is 1.17 bits per heavy atom. The van der Waals surface area contributed by atoms with E-state index in [4.69, 9.17) is 4.43 Å². The Kier molecular flexibility index (Phi) is 6.05. The summed E-state index contributed by atoms with van der Waals surface area (Å²) in [7, 11) is -3.23. The van der Waals surface area contributed by atoms with Crippen LogP contribution in [0.15, 0.2) is 0 Å². The molecule has 0 aromatic carbocycles. The molecule has 0 radical (unpaired) electrons. The molecule has 0 fully saturated rings. The molecule has 0 N–H and O–H groups in total. The molecule has 0 aliphatic rings. The van der Waals surface area contributed by atoms with Crippen molar-refractivity contribution in [3.05, 3.63) is 0 Å². The molecule has 0 aliphatic carbocycles. The molecular formula is C14H28O2Si2. The minimum absolute atomic E-state index is 0.125. The van der Waals surface area contributed by atoms with E-state index >= 15 is 0 Å². The van der Waals surface area contributed by atoms with Crippen LogP contribution in [-0.4, -0.2) is 28.8 Å². The van der Waals surface area contributed by atoms with Crippen molar-refractivity contribution in [3.63, 3.8) is 0 Å². The zero-order chi connectivity index (χ0) is 14.6. The van der Waals surface area contributed by atoms with E-state index in [1.165, 1.54) is 0 Å². The molecule has 1 atom stereocenters. The van der Waals surface area contributed by atoms with E-state index < -0.39 is 16.4 Å². The topological polar surface area (TPSA) is 26.3 Å². The van der Waals surface area contributed by atoms with Crippen LogP contribution in [0.2, 0.25) is 37.8 Å². The first-order chi connectivity index (χ1) is 7.89. The van der Waals surface area contributed by atoms with E-state index in [9.17, 15) is 4.79 Å². The second-order valence-corrected chi connectivity index (χ2v) is 16.8. The van der Waals surface area contributed by atoms with Gasteiger partial charge in [-0.1, -0.05) is 40.4 Å². The summed E-state index contributed by atoms with van der Waals surface area (Å²) in [6.45, 7) is 17.4. The fourth-order valence-corrected chi connectivity index (χ4v) is 2.97. The van der Waals surface area contributed by atoms with Crippen molar-refractivity contribution < 1.29 is 9.22 Å². The summed E-state index contributed by atoms with van der Waals surface area (Å²) >= 11 is 0. The zero-order valence-corrected chi connectivity index (χ0v) is 15.2. The van der Waals surface area contributed by atoms with E-state index in [1.807, 2.05) is 0 Å². The number of hydrogen-bond acceptors (Lipinski definition) is 2. The average Bonchev–Trinajstić information content (AvgIpc) is 2.12. The van der Waals surface area contributed by atoms with Crippen LogP contribution >= 0.6 is 0 Å². The van der Waals surface area contributed by atoms with E-state index in [0.29, 0.717) is 6.42 Å². The second-order valence-electron chi connectivity index (χ2n) is 7.31. The summed E-state index contributed by atoms with van der Waals surface area (Å²) in [6.07, 6.45) is 1.06. The Morgan fingerprint density at radius 3 is 2.00 bits per heavy atom. The lowest BCUT2D eigenvalue weighted by Gasteiger charge is -2.37. The molecule has 0 aromatic rings. The lowest BCUT2D eigenvalue weighted by Crippen LogP contribution is -2.44. The molecule has 4 heteroatoms. The molecule has 0 spiro atoms. The second kappa shape index (κ2) is 6.18. The summed E-state index contributed by atoms with van der Waals surface area (Å²) in [5.74, 6) is 3.13. The van der Waals surface area contributed by atoms with Gasteiger partial charge in [0.2, 0.25) is 0 Å². The Morgan fingerprint density at radius 2 is 1.67 bits per heavy atom. The summed E-state index contributed by atoms with van der Waals surface area (Å²) < 4.78 is 6.05. The van der Waals surface area contributed by atoms with Crippen molar-refractivity contribution in [3.8, 4) is 11.5 Å². The molecule has 0 saturated heterocycles. The summed E-state index contributed by atoms with van der Waals surface area (Å²) in [5.41, 5.74) is 3.28. The molecule has 0 aliphatic heterocycles. The normalized spacial score (nSPS) is 14.7. The molecule has 0 bridgehead atoms. The van der Waals surface area contributed by atoms with Crippen LogP contribution in [0.3, 0.4) is 0 Å². The van der Waals surface area contributed by atoms with Crippen LogP contribution in [-0.2, 0) is 9.22 Å². The number of aldehydes is 1. The molecule has 18 heavy (non-hydrogen) atoms. The van der Waals surface area contributed by atoms with Gasteiger partial charge in [0, 0.05) is 6.42 Å². The molecule has 0 rings (SSSR count). The third kappa shape index (κ3) is 6.53. The highest BCUT2D eigenvalue weighted by Crippen LogP contribution is 2.37. The minimum Gasteiger partial charge on any atom is -0.406 e. The van der Waals surface area contributed by atoms with Crippen LogP contribution in [0.1, 0.15) is 27.2 Å². The fraction of sp³-hybridized carbons (Fsp3) is 0.786. The van der Waals surface area contributed by atoms with Crippen molar-refractivity contribution in [1.82, 2.24) is 0 Å². The van der Waals surface area contributed by atoms with Crippen molar-refractivity contribution in [2.75, 3.05) is 0 Å². The van der Waals surface area contributed by atoms with E-state index in [2.05, 4.69) is 65.0 Å². The van der Waals surface area contributed by atoms with Crippen LogP contribution < -0.4 is 0 Å². The number of carbonyl (C=O) groups excluding carboxylic acids is 1. The van der Waals surface area contributed by atoms with Crippen molar-refractivity contribution in [1.29, 1.82) is 0 Å². The van der Waals surface area contributed by atoms with Crippen LogP contribution in [0.5, 0.6) is 0 Å². The van der Waals surface area contributed by atoms with Gasteiger partial charge in [-0.05, 0) is 18.1 Å². The van der Waals surface area contributed by atoms with Gasteiger partial charge in [0.15, 0.2) is 8.32 Å². The van der Waals surface area contributed by atoms with Gasteiger partial charge in [-0.25, -0.2) is 0 Å². The van der Waals surface area contributed by atoms with Gasteiger partial charge in [0.05, 0.1) is 0 Å². The van der Waals surface area contributed by atoms with Gasteiger partial charge in [-0.3, -0.25) is 0 Å². The molecule has 0 amide bonds. The maximum atomic E-state index is 11.1. The van der Waals surface area contributed by atoms with Crippen LogP contribution in [0.4, 0.5) is 0 Å².